The summed E-state index contributed by atoms with van der Waals surface area (Å²) >= 11 is 1.54. The van der Waals surface area contributed by atoms with Gasteiger partial charge in [-0.1, -0.05) is 24.6 Å². The summed E-state index contributed by atoms with van der Waals surface area (Å²) in [7, 11) is 1.73. The predicted octanol–water partition coefficient (Wildman–Crippen LogP) is 2.69. The minimum Gasteiger partial charge on any atom is -0.357 e. The van der Waals surface area contributed by atoms with Gasteiger partial charge in [-0.25, -0.2) is 14.4 Å². The van der Waals surface area contributed by atoms with Crippen LogP contribution >= 0.6 is 11.8 Å². The molecule has 1 aliphatic carbocycles. The van der Waals surface area contributed by atoms with E-state index in [0.29, 0.717) is 16.2 Å². The van der Waals surface area contributed by atoms with Crippen LogP contribution in [0.5, 0.6) is 0 Å². The summed E-state index contributed by atoms with van der Waals surface area (Å²) in [5.74, 6) is 0.169. The van der Waals surface area contributed by atoms with Gasteiger partial charge >= 0.3 is 0 Å². The van der Waals surface area contributed by atoms with Crippen molar-refractivity contribution >= 4 is 17.7 Å². The smallest absolute Gasteiger partial charge is 0.223 e. The van der Waals surface area contributed by atoms with Crippen molar-refractivity contribution in [1.82, 2.24) is 9.97 Å². The number of hydrogen-bond acceptors (Lipinski definition) is 4. The molecule has 1 aliphatic rings. The van der Waals surface area contributed by atoms with E-state index in [1.165, 1.54) is 31.9 Å². The molecule has 1 aromatic heterocycles. The number of nitrogens with one attached hydrogen (secondary N) is 1. The van der Waals surface area contributed by atoms with Gasteiger partial charge in [0.05, 0.1) is 6.20 Å². The Balaban J connectivity index is 2.11. The maximum atomic E-state index is 13.4. The number of rotatable bonds is 3. The van der Waals surface area contributed by atoms with E-state index in [1.807, 2.05) is 0 Å². The lowest BCUT2D eigenvalue weighted by atomic mass is 10.4. The van der Waals surface area contributed by atoms with Gasteiger partial charge in [0, 0.05) is 12.3 Å². The predicted molar refractivity (Wildman–Crippen MR) is 59.6 cm³/mol. The van der Waals surface area contributed by atoms with Crippen molar-refractivity contribution in [2.45, 2.75) is 36.0 Å². The molecule has 0 aromatic carbocycles. The zero-order chi connectivity index (χ0) is 10.7. The van der Waals surface area contributed by atoms with Crippen molar-refractivity contribution in [2.75, 3.05) is 12.4 Å². The number of thioether (sulfide) groups is 1. The second-order valence-electron chi connectivity index (χ2n) is 3.62. The van der Waals surface area contributed by atoms with E-state index in [-0.39, 0.29) is 5.82 Å². The van der Waals surface area contributed by atoms with E-state index in [1.54, 1.807) is 18.8 Å². The molecule has 0 atom stereocenters. The second kappa shape index (κ2) is 4.79. The molecule has 0 bridgehead atoms. The molecule has 0 saturated heterocycles. The summed E-state index contributed by atoms with van der Waals surface area (Å²) in [6, 6.07) is 0. The quantitative estimate of drug-likeness (QED) is 0.806. The summed E-state index contributed by atoms with van der Waals surface area (Å²) in [6.45, 7) is 0. The third-order valence-corrected chi connectivity index (χ3v) is 3.83. The minimum atomic E-state index is -0.314. The first-order chi connectivity index (χ1) is 7.29. The van der Waals surface area contributed by atoms with Gasteiger partial charge in [-0.15, -0.1) is 0 Å². The number of anilines is 1. The summed E-state index contributed by atoms with van der Waals surface area (Å²) in [5.41, 5.74) is 0. The number of hydrogen-bond donors (Lipinski definition) is 1. The van der Waals surface area contributed by atoms with Gasteiger partial charge in [-0.05, 0) is 12.8 Å². The minimum absolute atomic E-state index is 0.314. The molecule has 0 spiro atoms. The SMILES string of the molecule is CNc1ncc(F)c(SC2CCCC2)n1. The number of nitrogens with zero attached hydrogens (tertiary/aromatic N) is 2. The average Bonchev–Trinajstić information content (AvgIpc) is 2.74. The van der Waals surface area contributed by atoms with Crippen molar-refractivity contribution in [1.29, 1.82) is 0 Å². The Morgan fingerprint density at radius 3 is 2.87 bits per heavy atom. The van der Waals surface area contributed by atoms with Crippen LogP contribution in [0.3, 0.4) is 0 Å². The monoisotopic (exact) mass is 227 g/mol. The van der Waals surface area contributed by atoms with Crippen molar-refractivity contribution < 1.29 is 4.39 Å². The highest BCUT2D eigenvalue weighted by Crippen LogP contribution is 2.34. The molecule has 2 rings (SSSR count). The zero-order valence-electron chi connectivity index (χ0n) is 8.66. The van der Waals surface area contributed by atoms with E-state index < -0.39 is 0 Å². The summed E-state index contributed by atoms with van der Waals surface area (Å²) < 4.78 is 13.4. The van der Waals surface area contributed by atoms with Crippen molar-refractivity contribution in [2.24, 2.45) is 0 Å². The summed E-state index contributed by atoms with van der Waals surface area (Å²) in [6.07, 6.45) is 6.08. The average molecular weight is 227 g/mol. The third-order valence-electron chi connectivity index (χ3n) is 2.52. The molecule has 1 fully saturated rings. The van der Waals surface area contributed by atoms with Gasteiger partial charge in [-0.2, -0.15) is 0 Å². The van der Waals surface area contributed by atoms with Gasteiger partial charge < -0.3 is 5.32 Å². The van der Waals surface area contributed by atoms with Gasteiger partial charge in [0.25, 0.3) is 0 Å². The van der Waals surface area contributed by atoms with E-state index in [4.69, 9.17) is 0 Å². The Labute approximate surface area is 92.9 Å². The molecule has 0 aliphatic heterocycles. The van der Waals surface area contributed by atoms with Crippen LogP contribution in [0.1, 0.15) is 25.7 Å². The first-order valence-electron chi connectivity index (χ1n) is 5.16. The second-order valence-corrected chi connectivity index (χ2v) is 4.91. The standard InChI is InChI=1S/C10H14FN3S/c1-12-10-13-6-8(11)9(14-10)15-7-4-2-3-5-7/h6-7H,2-5H2,1H3,(H,12,13,14). The first-order valence-corrected chi connectivity index (χ1v) is 6.04. The third kappa shape index (κ3) is 2.59. The maximum absolute atomic E-state index is 13.4. The lowest BCUT2D eigenvalue weighted by Gasteiger charge is -2.09. The summed E-state index contributed by atoms with van der Waals surface area (Å²) in [4.78, 5) is 7.94. The van der Waals surface area contributed by atoms with Crippen LogP contribution in [0.2, 0.25) is 0 Å². The van der Waals surface area contributed by atoms with Crippen LogP contribution in [0.15, 0.2) is 11.2 Å². The van der Waals surface area contributed by atoms with E-state index in [2.05, 4.69) is 15.3 Å². The molecule has 3 nitrogen and oxygen atoms in total. The lowest BCUT2D eigenvalue weighted by Crippen LogP contribution is -2.02. The van der Waals surface area contributed by atoms with E-state index >= 15 is 0 Å². The molecule has 1 aromatic rings. The highest BCUT2D eigenvalue weighted by Gasteiger charge is 2.19. The Bertz CT molecular complexity index is 339. The molecular weight excluding hydrogens is 213 g/mol. The van der Waals surface area contributed by atoms with Crippen molar-refractivity contribution in [3.8, 4) is 0 Å². The molecule has 0 amide bonds. The van der Waals surface area contributed by atoms with Gasteiger partial charge in [0.15, 0.2) is 5.82 Å². The fraction of sp³-hybridized carbons (Fsp3) is 0.600. The Morgan fingerprint density at radius 1 is 1.47 bits per heavy atom. The van der Waals surface area contributed by atoms with Gasteiger partial charge in [-0.3, -0.25) is 0 Å². The van der Waals surface area contributed by atoms with E-state index in [9.17, 15) is 4.39 Å². The topological polar surface area (TPSA) is 37.8 Å². The highest BCUT2D eigenvalue weighted by atomic mass is 32.2. The van der Waals surface area contributed by atoms with Crippen LogP contribution in [0, 0.1) is 5.82 Å². The maximum Gasteiger partial charge on any atom is 0.223 e. The highest BCUT2D eigenvalue weighted by molar-refractivity contribution is 7.99. The van der Waals surface area contributed by atoms with Crippen LogP contribution in [-0.4, -0.2) is 22.3 Å². The molecular formula is C10H14FN3S. The number of halogens is 1. The van der Waals surface area contributed by atoms with Crippen molar-refractivity contribution in [3.63, 3.8) is 0 Å². The van der Waals surface area contributed by atoms with Gasteiger partial charge in [0.2, 0.25) is 5.95 Å². The molecule has 0 radical (unpaired) electrons. The van der Waals surface area contributed by atoms with Gasteiger partial charge in [0.1, 0.15) is 5.03 Å². The summed E-state index contributed by atoms with van der Waals surface area (Å²) in [5, 5.41) is 3.82. The molecule has 82 valence electrons. The lowest BCUT2D eigenvalue weighted by molar-refractivity contribution is 0.579. The molecule has 0 unspecified atom stereocenters. The molecule has 15 heavy (non-hydrogen) atoms. The normalized spacial score (nSPS) is 16.9. The molecule has 1 saturated carbocycles. The van der Waals surface area contributed by atoms with Crippen LogP contribution in [0.25, 0.3) is 0 Å². The van der Waals surface area contributed by atoms with Crippen LogP contribution < -0.4 is 5.32 Å². The van der Waals surface area contributed by atoms with Crippen molar-refractivity contribution in [3.05, 3.63) is 12.0 Å². The largest absolute Gasteiger partial charge is 0.357 e. The fourth-order valence-electron chi connectivity index (χ4n) is 1.72. The fourth-order valence-corrected chi connectivity index (χ4v) is 2.91. The Kier molecular flexibility index (Phi) is 3.41. The van der Waals surface area contributed by atoms with E-state index in [0.717, 1.165) is 0 Å². The molecule has 5 heteroatoms. The Morgan fingerprint density at radius 2 is 2.20 bits per heavy atom. The number of aromatic nitrogens is 2. The first kappa shape index (κ1) is 10.7. The van der Waals surface area contributed by atoms with Crippen LogP contribution in [-0.2, 0) is 0 Å². The van der Waals surface area contributed by atoms with Crippen LogP contribution in [0.4, 0.5) is 10.3 Å². The molecule has 1 N–H and O–H groups in total. The Hall–Kier alpha value is -0.840. The zero-order valence-corrected chi connectivity index (χ0v) is 9.48. The molecule has 1 heterocycles.